The molecule has 0 aromatic heterocycles. The van der Waals surface area contributed by atoms with Gasteiger partial charge in [-0.25, -0.2) is 0 Å². The van der Waals surface area contributed by atoms with Gasteiger partial charge in [0.1, 0.15) is 5.75 Å². The highest BCUT2D eigenvalue weighted by Crippen LogP contribution is 2.66. The van der Waals surface area contributed by atoms with E-state index in [9.17, 15) is 4.79 Å². The van der Waals surface area contributed by atoms with E-state index in [0.717, 1.165) is 47.7 Å². The Morgan fingerprint density at radius 3 is 2.56 bits per heavy atom. The lowest BCUT2D eigenvalue weighted by Crippen LogP contribution is -2.62. The third-order valence-electron chi connectivity index (χ3n) is 9.97. The second kappa shape index (κ2) is 8.23. The molecule has 0 N–H and O–H groups in total. The SMILES string of the molecule is COSc1ccc(OC2C[C@H]3[C@@H]4C(C)CC5N(C)C(=O)CC[C@]5(C)[C@@H]4CC[C@]3(C)C2)cc1. The number of amides is 1. The van der Waals surface area contributed by atoms with Gasteiger partial charge in [0.25, 0.3) is 0 Å². The van der Waals surface area contributed by atoms with E-state index in [1.54, 1.807) is 7.11 Å². The monoisotopic (exact) mass is 457 g/mol. The first-order chi connectivity index (χ1) is 15.2. The second-order valence-corrected chi connectivity index (χ2v) is 12.6. The van der Waals surface area contributed by atoms with Gasteiger partial charge in [0, 0.05) is 36.4 Å². The molecule has 1 aromatic rings. The number of fused-ring (bicyclic) bond motifs is 5. The predicted octanol–water partition coefficient (Wildman–Crippen LogP) is 6.20. The van der Waals surface area contributed by atoms with Gasteiger partial charge in [0.15, 0.2) is 0 Å². The van der Waals surface area contributed by atoms with Gasteiger partial charge in [-0.15, -0.1) is 0 Å². The maximum atomic E-state index is 12.5. The topological polar surface area (TPSA) is 38.8 Å². The molecule has 4 aliphatic rings. The Bertz CT molecular complexity index is 859. The van der Waals surface area contributed by atoms with Crippen molar-refractivity contribution in [1.29, 1.82) is 0 Å². The summed E-state index contributed by atoms with van der Waals surface area (Å²) in [5.74, 6) is 4.21. The van der Waals surface area contributed by atoms with Gasteiger partial charge in [0.05, 0.1) is 13.2 Å². The summed E-state index contributed by atoms with van der Waals surface area (Å²) in [6.07, 6.45) is 8.22. The predicted molar refractivity (Wildman–Crippen MR) is 128 cm³/mol. The van der Waals surface area contributed by atoms with Gasteiger partial charge in [-0.3, -0.25) is 4.79 Å². The van der Waals surface area contributed by atoms with Gasteiger partial charge in [0.2, 0.25) is 5.91 Å². The molecule has 1 heterocycles. The van der Waals surface area contributed by atoms with Crippen molar-refractivity contribution in [2.75, 3.05) is 14.2 Å². The van der Waals surface area contributed by atoms with Crippen LogP contribution in [0.5, 0.6) is 5.75 Å². The standard InChI is InChI=1S/C27H39NO3S/c1-17-14-23-27(3,13-11-24(29)28(23)4)21-10-12-26(2)16-19(15-22(26)25(17)21)31-18-6-8-20(9-7-18)32-30-5/h6-9,17,19,21-23,25H,10-16H2,1-5H3/t17?,19?,21-,22+,23?,25-,26-,27-/m1/s1. The zero-order valence-electron chi connectivity index (χ0n) is 20.3. The number of likely N-dealkylation sites (tertiary alicyclic amines) is 1. The Morgan fingerprint density at radius 1 is 1.09 bits per heavy atom. The molecule has 0 radical (unpaired) electrons. The molecule has 8 atom stereocenters. The molecule has 3 saturated carbocycles. The van der Waals surface area contributed by atoms with Crippen molar-refractivity contribution in [3.8, 4) is 5.75 Å². The van der Waals surface area contributed by atoms with Crippen LogP contribution >= 0.6 is 12.0 Å². The summed E-state index contributed by atoms with van der Waals surface area (Å²) in [4.78, 5) is 15.7. The van der Waals surface area contributed by atoms with Crippen LogP contribution in [0.15, 0.2) is 29.2 Å². The molecule has 3 unspecified atom stereocenters. The number of hydrogen-bond acceptors (Lipinski definition) is 4. The molecule has 5 rings (SSSR count). The van der Waals surface area contributed by atoms with E-state index >= 15 is 0 Å². The van der Waals surface area contributed by atoms with E-state index in [1.807, 2.05) is 0 Å². The first-order valence-corrected chi connectivity index (χ1v) is 13.2. The molecule has 176 valence electrons. The summed E-state index contributed by atoms with van der Waals surface area (Å²) in [7, 11) is 3.75. The van der Waals surface area contributed by atoms with Crippen molar-refractivity contribution in [1.82, 2.24) is 4.90 Å². The fourth-order valence-electron chi connectivity index (χ4n) is 8.41. The number of hydrogen-bond donors (Lipinski definition) is 0. The highest BCUT2D eigenvalue weighted by atomic mass is 32.2. The summed E-state index contributed by atoms with van der Waals surface area (Å²) >= 11 is 1.38. The van der Waals surface area contributed by atoms with Crippen LogP contribution in [0.2, 0.25) is 0 Å². The first kappa shape index (κ1) is 22.6. The number of ether oxygens (including phenoxy) is 1. The van der Waals surface area contributed by atoms with Crippen LogP contribution in [0.1, 0.15) is 65.7 Å². The number of carbonyl (C=O) groups is 1. The van der Waals surface area contributed by atoms with Gasteiger partial charge in [-0.1, -0.05) is 20.8 Å². The zero-order chi connectivity index (χ0) is 22.7. The molecule has 0 bridgehead atoms. The number of rotatable bonds is 4. The number of piperidine rings is 1. The van der Waals surface area contributed by atoms with Crippen molar-refractivity contribution >= 4 is 17.9 Å². The maximum absolute atomic E-state index is 12.5. The minimum absolute atomic E-state index is 0.273. The van der Waals surface area contributed by atoms with Crippen molar-refractivity contribution in [3.05, 3.63) is 24.3 Å². The van der Waals surface area contributed by atoms with Gasteiger partial charge in [-0.05, 0) is 97.3 Å². The van der Waals surface area contributed by atoms with E-state index in [-0.39, 0.29) is 5.41 Å². The maximum Gasteiger partial charge on any atom is 0.222 e. The van der Waals surface area contributed by atoms with Crippen LogP contribution in [0.25, 0.3) is 0 Å². The Labute approximate surface area is 198 Å². The molecule has 4 fully saturated rings. The van der Waals surface area contributed by atoms with E-state index in [4.69, 9.17) is 8.92 Å². The molecular weight excluding hydrogens is 418 g/mol. The van der Waals surface area contributed by atoms with E-state index in [1.165, 1.54) is 37.7 Å². The van der Waals surface area contributed by atoms with Crippen LogP contribution in [0.4, 0.5) is 0 Å². The summed E-state index contributed by atoms with van der Waals surface area (Å²) in [6, 6.07) is 8.74. The molecule has 4 nitrogen and oxygen atoms in total. The average molecular weight is 458 g/mol. The normalized spacial score (nSPS) is 43.4. The van der Waals surface area contributed by atoms with Gasteiger partial charge in [-0.2, -0.15) is 0 Å². The Morgan fingerprint density at radius 2 is 1.84 bits per heavy atom. The van der Waals surface area contributed by atoms with Gasteiger partial charge < -0.3 is 13.8 Å². The van der Waals surface area contributed by atoms with Crippen molar-refractivity contribution in [2.45, 2.75) is 82.8 Å². The minimum atomic E-state index is 0.273. The largest absolute Gasteiger partial charge is 0.490 e. The van der Waals surface area contributed by atoms with Crippen molar-refractivity contribution < 1.29 is 13.7 Å². The zero-order valence-corrected chi connectivity index (χ0v) is 21.1. The Hall–Kier alpha value is -1.20. The Balaban J connectivity index is 1.35. The summed E-state index contributed by atoms with van der Waals surface area (Å²) in [5.41, 5.74) is 0.653. The molecular formula is C27H39NO3S. The third kappa shape index (κ3) is 3.58. The third-order valence-corrected chi connectivity index (χ3v) is 10.6. The molecule has 1 aromatic carbocycles. The average Bonchev–Trinajstić information content (AvgIpc) is 3.10. The number of benzene rings is 1. The van der Waals surface area contributed by atoms with Crippen LogP contribution in [-0.2, 0) is 8.98 Å². The van der Waals surface area contributed by atoms with Crippen LogP contribution in [-0.4, -0.2) is 37.1 Å². The van der Waals surface area contributed by atoms with E-state index in [0.29, 0.717) is 29.4 Å². The summed E-state index contributed by atoms with van der Waals surface area (Å²) < 4.78 is 11.7. The lowest BCUT2D eigenvalue weighted by Gasteiger charge is -2.63. The molecule has 32 heavy (non-hydrogen) atoms. The molecule has 1 amide bonds. The van der Waals surface area contributed by atoms with E-state index < -0.39 is 0 Å². The fraction of sp³-hybridized carbons (Fsp3) is 0.741. The quantitative estimate of drug-likeness (QED) is 0.505. The van der Waals surface area contributed by atoms with Gasteiger partial charge >= 0.3 is 0 Å². The lowest BCUT2D eigenvalue weighted by molar-refractivity contribution is -0.164. The lowest BCUT2D eigenvalue weighted by atomic mass is 9.45. The molecule has 1 saturated heterocycles. The minimum Gasteiger partial charge on any atom is -0.490 e. The highest BCUT2D eigenvalue weighted by Gasteiger charge is 2.62. The smallest absolute Gasteiger partial charge is 0.222 e. The fourth-order valence-corrected chi connectivity index (χ4v) is 8.85. The van der Waals surface area contributed by atoms with Crippen LogP contribution < -0.4 is 4.74 Å². The first-order valence-electron chi connectivity index (χ1n) is 12.5. The molecule has 5 heteroatoms. The van der Waals surface area contributed by atoms with Crippen molar-refractivity contribution in [3.63, 3.8) is 0 Å². The highest BCUT2D eigenvalue weighted by molar-refractivity contribution is 7.94. The molecule has 3 aliphatic carbocycles. The van der Waals surface area contributed by atoms with E-state index in [2.05, 4.69) is 57.0 Å². The summed E-state index contributed by atoms with van der Waals surface area (Å²) in [5, 5.41) is 0. The van der Waals surface area contributed by atoms with Crippen molar-refractivity contribution in [2.24, 2.45) is 34.5 Å². The molecule has 1 aliphatic heterocycles. The van der Waals surface area contributed by atoms with Crippen LogP contribution in [0.3, 0.4) is 0 Å². The number of carbonyl (C=O) groups excluding carboxylic acids is 1. The molecule has 0 spiro atoms. The van der Waals surface area contributed by atoms with Crippen LogP contribution in [0, 0.1) is 34.5 Å². The number of nitrogens with zero attached hydrogens (tertiary/aromatic N) is 1. The summed E-state index contributed by atoms with van der Waals surface area (Å²) in [6.45, 7) is 7.51. The Kier molecular flexibility index (Phi) is 5.81. The second-order valence-electron chi connectivity index (χ2n) is 11.6.